The molecule has 2 aliphatic carbocycles. The van der Waals surface area contributed by atoms with Gasteiger partial charge < -0.3 is 14.7 Å². The molecule has 4 atom stereocenters. The third-order valence-corrected chi connectivity index (χ3v) is 11.8. The van der Waals surface area contributed by atoms with E-state index in [4.69, 9.17) is 27.9 Å². The molecular formula is C33H33Cl2FN2O6S. The standard InChI is InChI=1S/C33H33Cl2FN2O6S/c1-32(18-28(39)40)31(41)38(29(21-11-13-23(34)14-12-21)30(44-32)22-5-4-6-24(35)17-22)27(20-9-10-20)19-37-45(42,43)33(15-16-33)25-7-2-3-8-26(25)36/h2-8,11-14,17,20,27,29-30,37H,9-10,15-16,18-19H2,1H3,(H,39,40)/t27-,29-,30-,32-/m1/s1. The number of hydrogen-bond acceptors (Lipinski definition) is 5. The molecule has 0 spiro atoms. The number of nitrogens with zero attached hydrogens (tertiary/aromatic N) is 1. The molecule has 6 rings (SSSR count). The first-order valence-corrected chi connectivity index (χ1v) is 17.1. The molecule has 1 heterocycles. The third kappa shape index (κ3) is 6.11. The average molecular weight is 676 g/mol. The van der Waals surface area contributed by atoms with Crippen LogP contribution < -0.4 is 4.72 Å². The van der Waals surface area contributed by atoms with Gasteiger partial charge in [-0.15, -0.1) is 0 Å². The van der Waals surface area contributed by atoms with E-state index >= 15 is 0 Å². The summed E-state index contributed by atoms with van der Waals surface area (Å²) in [5, 5.41) is 10.8. The maximum absolute atomic E-state index is 14.8. The molecule has 45 heavy (non-hydrogen) atoms. The van der Waals surface area contributed by atoms with Crippen molar-refractivity contribution in [1.82, 2.24) is 9.62 Å². The number of carbonyl (C=O) groups is 2. The lowest BCUT2D eigenvalue weighted by atomic mass is 9.85. The van der Waals surface area contributed by atoms with Gasteiger partial charge in [-0.1, -0.05) is 65.7 Å². The number of morpholine rings is 1. The fourth-order valence-corrected chi connectivity index (χ4v) is 8.65. The molecule has 8 nitrogen and oxygen atoms in total. The Hall–Kier alpha value is -3.02. The molecule has 1 amide bonds. The number of benzene rings is 3. The van der Waals surface area contributed by atoms with Crippen LogP contribution in [0, 0.1) is 11.7 Å². The molecule has 2 N–H and O–H groups in total. The quantitative estimate of drug-likeness (QED) is 0.244. The number of halogens is 3. The first-order chi connectivity index (χ1) is 21.3. The number of nitrogens with one attached hydrogen (secondary N) is 1. The van der Waals surface area contributed by atoms with E-state index in [0.717, 1.165) is 12.8 Å². The largest absolute Gasteiger partial charge is 0.481 e. The lowest BCUT2D eigenvalue weighted by Crippen LogP contribution is -2.62. The van der Waals surface area contributed by atoms with Crippen molar-refractivity contribution in [2.75, 3.05) is 6.54 Å². The Morgan fingerprint density at radius 3 is 2.33 bits per heavy atom. The number of amides is 1. The first-order valence-electron chi connectivity index (χ1n) is 14.8. The summed E-state index contributed by atoms with van der Waals surface area (Å²) < 4.78 is 50.3. The van der Waals surface area contributed by atoms with Gasteiger partial charge in [0.15, 0.2) is 5.60 Å². The summed E-state index contributed by atoms with van der Waals surface area (Å²) in [6, 6.07) is 18.4. The number of ether oxygens (including phenoxy) is 1. The van der Waals surface area contributed by atoms with Crippen LogP contribution in [0.4, 0.5) is 4.39 Å². The zero-order chi connectivity index (χ0) is 32.1. The summed E-state index contributed by atoms with van der Waals surface area (Å²) in [6.07, 6.45) is 0.592. The van der Waals surface area contributed by atoms with Crippen molar-refractivity contribution >= 4 is 45.1 Å². The van der Waals surface area contributed by atoms with Gasteiger partial charge in [-0.05, 0) is 80.0 Å². The minimum atomic E-state index is -4.08. The van der Waals surface area contributed by atoms with Gasteiger partial charge in [-0.2, -0.15) is 0 Å². The lowest BCUT2D eigenvalue weighted by molar-refractivity contribution is -0.207. The van der Waals surface area contributed by atoms with Gasteiger partial charge in [0.2, 0.25) is 10.0 Å². The van der Waals surface area contributed by atoms with E-state index < -0.39 is 62.7 Å². The molecule has 3 aromatic rings. The molecule has 0 unspecified atom stereocenters. The smallest absolute Gasteiger partial charge is 0.306 e. The van der Waals surface area contributed by atoms with Gasteiger partial charge in [-0.3, -0.25) is 9.59 Å². The van der Waals surface area contributed by atoms with Crippen molar-refractivity contribution in [2.24, 2.45) is 5.92 Å². The van der Waals surface area contributed by atoms with E-state index in [1.165, 1.54) is 25.1 Å². The van der Waals surface area contributed by atoms with E-state index in [1.54, 1.807) is 59.5 Å². The van der Waals surface area contributed by atoms with Crippen molar-refractivity contribution in [2.45, 2.75) is 67.6 Å². The van der Waals surface area contributed by atoms with Crippen LogP contribution in [-0.4, -0.2) is 48.5 Å². The summed E-state index contributed by atoms with van der Waals surface area (Å²) in [6.45, 7) is 1.32. The molecule has 238 valence electrons. The van der Waals surface area contributed by atoms with E-state index in [2.05, 4.69) is 4.72 Å². The van der Waals surface area contributed by atoms with Crippen molar-refractivity contribution in [1.29, 1.82) is 0 Å². The van der Waals surface area contributed by atoms with Gasteiger partial charge in [-0.25, -0.2) is 17.5 Å². The molecule has 1 aliphatic heterocycles. The molecule has 3 aliphatic rings. The van der Waals surface area contributed by atoms with Crippen molar-refractivity contribution in [3.05, 3.63) is 105 Å². The van der Waals surface area contributed by atoms with E-state index in [-0.39, 0.29) is 30.9 Å². The Labute approximate surface area is 271 Å². The van der Waals surface area contributed by atoms with E-state index in [1.807, 2.05) is 0 Å². The van der Waals surface area contributed by atoms with Crippen molar-refractivity contribution < 1.29 is 32.2 Å². The van der Waals surface area contributed by atoms with Gasteiger partial charge in [0, 0.05) is 28.2 Å². The molecular weight excluding hydrogens is 642 g/mol. The van der Waals surface area contributed by atoms with Crippen LogP contribution in [0.1, 0.15) is 67.9 Å². The minimum absolute atomic E-state index is 0.0535. The summed E-state index contributed by atoms with van der Waals surface area (Å²) in [5.74, 6) is -2.42. The van der Waals surface area contributed by atoms with Crippen molar-refractivity contribution in [3.63, 3.8) is 0 Å². The van der Waals surface area contributed by atoms with Crippen LogP contribution in [0.2, 0.25) is 10.0 Å². The number of aliphatic carboxylic acids is 1. The molecule has 12 heteroatoms. The molecule has 2 saturated carbocycles. The SMILES string of the molecule is C[C@]1(CC(=O)O)O[C@H](c2cccc(Cl)c2)[C@@H](c2ccc(Cl)cc2)N([C@H](CNS(=O)(=O)C2(c3ccccc3F)CC2)C2CC2)C1=O. The molecule has 0 radical (unpaired) electrons. The number of carboxylic acid groups (broad SMARTS) is 1. The Bertz CT molecular complexity index is 1730. The highest BCUT2D eigenvalue weighted by molar-refractivity contribution is 7.90. The number of hydrogen-bond donors (Lipinski definition) is 2. The molecule has 1 saturated heterocycles. The first kappa shape index (κ1) is 31.9. The second-order valence-corrected chi connectivity index (χ2v) is 15.3. The Balaban J connectivity index is 1.43. The summed E-state index contributed by atoms with van der Waals surface area (Å²) in [7, 11) is -4.08. The van der Waals surface area contributed by atoms with Crippen LogP contribution in [0.15, 0.2) is 72.8 Å². The van der Waals surface area contributed by atoms with Crippen molar-refractivity contribution in [3.8, 4) is 0 Å². The summed E-state index contributed by atoms with van der Waals surface area (Å²) >= 11 is 12.6. The zero-order valence-corrected chi connectivity index (χ0v) is 26.8. The molecule has 0 aromatic heterocycles. The predicted octanol–water partition coefficient (Wildman–Crippen LogP) is 6.39. The fourth-order valence-electron chi connectivity index (χ4n) is 6.57. The Morgan fingerprint density at radius 1 is 1.04 bits per heavy atom. The Kier molecular flexibility index (Phi) is 8.50. The minimum Gasteiger partial charge on any atom is -0.481 e. The highest BCUT2D eigenvalue weighted by Crippen LogP contribution is 2.54. The second-order valence-electron chi connectivity index (χ2n) is 12.3. The Morgan fingerprint density at radius 2 is 1.73 bits per heavy atom. The lowest BCUT2D eigenvalue weighted by Gasteiger charge is -2.51. The fraction of sp³-hybridized carbons (Fsp3) is 0.394. The van der Waals surface area contributed by atoms with Gasteiger partial charge in [0.1, 0.15) is 16.7 Å². The van der Waals surface area contributed by atoms with E-state index in [9.17, 15) is 27.5 Å². The maximum Gasteiger partial charge on any atom is 0.306 e. The van der Waals surface area contributed by atoms with Crippen LogP contribution in [0.5, 0.6) is 0 Å². The normalized spacial score (nSPS) is 25.2. The number of carbonyl (C=O) groups excluding carboxylic acids is 1. The van der Waals surface area contributed by atoms with Gasteiger partial charge in [0.05, 0.1) is 12.5 Å². The second kappa shape index (κ2) is 12.0. The average Bonchev–Trinajstić information content (AvgIpc) is 3.91. The summed E-state index contributed by atoms with van der Waals surface area (Å²) in [4.78, 5) is 28.2. The third-order valence-electron chi connectivity index (χ3n) is 9.13. The highest BCUT2D eigenvalue weighted by atomic mass is 35.5. The van der Waals surface area contributed by atoms with Gasteiger partial charge >= 0.3 is 5.97 Å². The predicted molar refractivity (Wildman–Crippen MR) is 168 cm³/mol. The molecule has 3 aromatic carbocycles. The summed E-state index contributed by atoms with van der Waals surface area (Å²) in [5.41, 5.74) is -0.340. The monoisotopic (exact) mass is 674 g/mol. The maximum atomic E-state index is 14.8. The number of rotatable bonds is 11. The van der Waals surface area contributed by atoms with Crippen LogP contribution in [0.3, 0.4) is 0 Å². The van der Waals surface area contributed by atoms with Crippen LogP contribution in [0.25, 0.3) is 0 Å². The topological polar surface area (TPSA) is 113 Å². The molecule has 0 bridgehead atoms. The molecule has 3 fully saturated rings. The van der Waals surface area contributed by atoms with Crippen LogP contribution in [-0.2, 0) is 29.1 Å². The highest BCUT2D eigenvalue weighted by Gasteiger charge is 2.59. The zero-order valence-electron chi connectivity index (χ0n) is 24.5. The number of sulfonamides is 1. The van der Waals surface area contributed by atoms with E-state index in [0.29, 0.717) is 21.2 Å². The van der Waals surface area contributed by atoms with Gasteiger partial charge in [0.25, 0.3) is 5.91 Å². The van der Waals surface area contributed by atoms with Crippen LogP contribution >= 0.6 is 23.2 Å². The number of carboxylic acids is 1.